The zero-order valence-electron chi connectivity index (χ0n) is 18.0. The van der Waals surface area contributed by atoms with Crippen molar-refractivity contribution in [2.75, 3.05) is 18.4 Å². The summed E-state index contributed by atoms with van der Waals surface area (Å²) in [5, 5.41) is 2.93. The molecule has 1 saturated heterocycles. The maximum absolute atomic E-state index is 13.1. The van der Waals surface area contributed by atoms with E-state index in [9.17, 15) is 18.4 Å². The normalized spacial score (nSPS) is 14.1. The summed E-state index contributed by atoms with van der Waals surface area (Å²) in [6.07, 6.45) is 1.11. The van der Waals surface area contributed by atoms with E-state index in [0.29, 0.717) is 42.9 Å². The molecular formula is C26H24F2N2O3. The van der Waals surface area contributed by atoms with Crippen molar-refractivity contribution in [3.05, 3.63) is 95.6 Å². The van der Waals surface area contributed by atoms with Gasteiger partial charge in [0.1, 0.15) is 24.0 Å². The van der Waals surface area contributed by atoms with E-state index < -0.39 is 0 Å². The third-order valence-electron chi connectivity index (χ3n) is 5.66. The van der Waals surface area contributed by atoms with Crippen molar-refractivity contribution in [1.29, 1.82) is 0 Å². The summed E-state index contributed by atoms with van der Waals surface area (Å²) in [5.41, 5.74) is 1.91. The van der Waals surface area contributed by atoms with Gasteiger partial charge >= 0.3 is 0 Å². The first-order chi connectivity index (χ1) is 16.0. The molecule has 0 saturated carbocycles. The largest absolute Gasteiger partial charge is 0.489 e. The summed E-state index contributed by atoms with van der Waals surface area (Å²) in [7, 11) is 0. The van der Waals surface area contributed by atoms with E-state index in [1.54, 1.807) is 41.3 Å². The first-order valence-corrected chi connectivity index (χ1v) is 10.8. The van der Waals surface area contributed by atoms with Crippen LogP contribution in [0.3, 0.4) is 0 Å². The number of carbonyl (C=O) groups excluding carboxylic acids is 2. The minimum absolute atomic E-state index is 0.0976. The third-order valence-corrected chi connectivity index (χ3v) is 5.66. The van der Waals surface area contributed by atoms with E-state index in [0.717, 1.165) is 5.56 Å². The second-order valence-electron chi connectivity index (χ2n) is 8.01. The number of hydrogen-bond acceptors (Lipinski definition) is 3. The van der Waals surface area contributed by atoms with Gasteiger partial charge in [0, 0.05) is 36.3 Å². The number of likely N-dealkylation sites (tertiary alicyclic amines) is 1. The SMILES string of the molecule is O=C(Nc1cccc(OCc2ccc(F)cc2)c1)C1CCN(C(=O)c2ccc(F)cc2)CC1. The smallest absolute Gasteiger partial charge is 0.253 e. The summed E-state index contributed by atoms with van der Waals surface area (Å²) in [4.78, 5) is 27.0. The Labute approximate surface area is 191 Å². The van der Waals surface area contributed by atoms with Crippen LogP contribution in [0.15, 0.2) is 72.8 Å². The fourth-order valence-electron chi connectivity index (χ4n) is 3.78. The molecule has 7 heteroatoms. The maximum Gasteiger partial charge on any atom is 0.253 e. The van der Waals surface area contributed by atoms with Gasteiger partial charge in [0.15, 0.2) is 0 Å². The Kier molecular flexibility index (Phi) is 6.98. The lowest BCUT2D eigenvalue weighted by Crippen LogP contribution is -2.41. The molecule has 1 fully saturated rings. The molecule has 1 aliphatic rings. The van der Waals surface area contributed by atoms with Crippen LogP contribution in [0.2, 0.25) is 0 Å². The van der Waals surface area contributed by atoms with Gasteiger partial charge in [0.2, 0.25) is 5.91 Å². The lowest BCUT2D eigenvalue weighted by atomic mass is 9.95. The molecular weight excluding hydrogens is 426 g/mol. The number of piperidine rings is 1. The van der Waals surface area contributed by atoms with Crippen molar-refractivity contribution in [3.63, 3.8) is 0 Å². The topological polar surface area (TPSA) is 58.6 Å². The number of carbonyl (C=O) groups is 2. The van der Waals surface area contributed by atoms with Gasteiger partial charge in [-0.1, -0.05) is 18.2 Å². The maximum atomic E-state index is 13.1. The number of anilines is 1. The molecule has 0 spiro atoms. The second-order valence-corrected chi connectivity index (χ2v) is 8.01. The van der Waals surface area contributed by atoms with Crippen molar-refractivity contribution in [3.8, 4) is 5.75 Å². The number of hydrogen-bond donors (Lipinski definition) is 1. The molecule has 33 heavy (non-hydrogen) atoms. The highest BCUT2D eigenvalue weighted by atomic mass is 19.1. The van der Waals surface area contributed by atoms with Crippen molar-refractivity contribution >= 4 is 17.5 Å². The van der Waals surface area contributed by atoms with Gasteiger partial charge in [-0.2, -0.15) is 0 Å². The van der Waals surface area contributed by atoms with Crippen LogP contribution in [0.25, 0.3) is 0 Å². The molecule has 0 unspecified atom stereocenters. The average molecular weight is 450 g/mol. The van der Waals surface area contributed by atoms with Crippen LogP contribution in [-0.4, -0.2) is 29.8 Å². The Morgan fingerprint density at radius 3 is 2.21 bits per heavy atom. The Balaban J connectivity index is 1.28. The highest BCUT2D eigenvalue weighted by molar-refractivity contribution is 5.95. The number of nitrogens with one attached hydrogen (secondary N) is 1. The quantitative estimate of drug-likeness (QED) is 0.573. The third kappa shape index (κ3) is 5.94. The molecule has 1 aliphatic heterocycles. The van der Waals surface area contributed by atoms with E-state index in [-0.39, 0.29) is 36.0 Å². The lowest BCUT2D eigenvalue weighted by molar-refractivity contribution is -0.121. The molecule has 3 aromatic carbocycles. The van der Waals surface area contributed by atoms with Crippen LogP contribution in [0, 0.1) is 17.6 Å². The number of ether oxygens (including phenoxy) is 1. The zero-order chi connectivity index (χ0) is 23.2. The molecule has 1 heterocycles. The van der Waals surface area contributed by atoms with Gasteiger partial charge in [0.25, 0.3) is 5.91 Å². The van der Waals surface area contributed by atoms with Crippen LogP contribution in [0.5, 0.6) is 5.75 Å². The number of amides is 2. The molecule has 2 amide bonds. The summed E-state index contributed by atoms with van der Waals surface area (Å²) >= 11 is 0. The summed E-state index contributed by atoms with van der Waals surface area (Å²) in [5.74, 6) is -0.539. The van der Waals surface area contributed by atoms with E-state index in [2.05, 4.69) is 5.32 Å². The predicted molar refractivity (Wildman–Crippen MR) is 121 cm³/mol. The standard InChI is InChI=1S/C26H24F2N2O3/c27-21-8-4-18(5-9-21)17-33-24-3-1-2-23(16-24)29-25(31)19-12-14-30(15-13-19)26(32)20-6-10-22(28)11-7-20/h1-11,16,19H,12-15,17H2,(H,29,31). The van der Waals surface area contributed by atoms with E-state index in [1.807, 2.05) is 0 Å². The number of nitrogens with zero attached hydrogens (tertiary/aromatic N) is 1. The first kappa shape index (κ1) is 22.5. The highest BCUT2D eigenvalue weighted by Gasteiger charge is 2.28. The van der Waals surface area contributed by atoms with Crippen molar-refractivity contribution in [2.24, 2.45) is 5.92 Å². The van der Waals surface area contributed by atoms with Gasteiger partial charge in [0.05, 0.1) is 0 Å². The predicted octanol–water partition coefficient (Wildman–Crippen LogP) is 5.03. The fraction of sp³-hybridized carbons (Fsp3) is 0.231. The Bertz CT molecular complexity index is 1110. The molecule has 4 rings (SSSR count). The molecule has 0 aliphatic carbocycles. The molecule has 3 aromatic rings. The molecule has 0 atom stereocenters. The van der Waals surface area contributed by atoms with Crippen LogP contribution in [0.1, 0.15) is 28.8 Å². The Morgan fingerprint density at radius 1 is 0.909 bits per heavy atom. The first-order valence-electron chi connectivity index (χ1n) is 10.8. The average Bonchev–Trinajstić information content (AvgIpc) is 2.84. The van der Waals surface area contributed by atoms with Gasteiger partial charge in [-0.05, 0) is 66.9 Å². The number of benzene rings is 3. The Hall–Kier alpha value is -3.74. The minimum Gasteiger partial charge on any atom is -0.489 e. The monoisotopic (exact) mass is 450 g/mol. The summed E-state index contributed by atoms with van der Waals surface area (Å²) < 4.78 is 31.8. The summed E-state index contributed by atoms with van der Waals surface area (Å²) in [6.45, 7) is 1.22. The molecule has 5 nitrogen and oxygen atoms in total. The van der Waals surface area contributed by atoms with Crippen LogP contribution in [-0.2, 0) is 11.4 Å². The molecule has 0 bridgehead atoms. The number of rotatable bonds is 6. The van der Waals surface area contributed by atoms with E-state index >= 15 is 0 Å². The van der Waals surface area contributed by atoms with Crippen LogP contribution < -0.4 is 10.1 Å². The van der Waals surface area contributed by atoms with Crippen LogP contribution >= 0.6 is 0 Å². The Morgan fingerprint density at radius 2 is 1.55 bits per heavy atom. The van der Waals surface area contributed by atoms with Gasteiger partial charge in [-0.3, -0.25) is 9.59 Å². The molecule has 0 aromatic heterocycles. The molecule has 170 valence electrons. The molecule has 0 radical (unpaired) electrons. The van der Waals surface area contributed by atoms with Crippen LogP contribution in [0.4, 0.5) is 14.5 Å². The van der Waals surface area contributed by atoms with Crippen molar-refractivity contribution in [1.82, 2.24) is 4.90 Å². The van der Waals surface area contributed by atoms with E-state index in [1.165, 1.54) is 36.4 Å². The van der Waals surface area contributed by atoms with Gasteiger partial charge in [-0.25, -0.2) is 8.78 Å². The van der Waals surface area contributed by atoms with Gasteiger partial charge < -0.3 is 15.0 Å². The number of halogens is 2. The van der Waals surface area contributed by atoms with E-state index in [4.69, 9.17) is 4.74 Å². The molecule has 1 N–H and O–H groups in total. The summed E-state index contributed by atoms with van der Waals surface area (Å²) in [6, 6.07) is 18.7. The van der Waals surface area contributed by atoms with Gasteiger partial charge in [-0.15, -0.1) is 0 Å². The lowest BCUT2D eigenvalue weighted by Gasteiger charge is -2.31. The van der Waals surface area contributed by atoms with Crippen molar-refractivity contribution < 1.29 is 23.1 Å². The zero-order valence-corrected chi connectivity index (χ0v) is 18.0. The second kappa shape index (κ2) is 10.3. The minimum atomic E-state index is -0.383. The highest BCUT2D eigenvalue weighted by Crippen LogP contribution is 2.23. The fourth-order valence-corrected chi connectivity index (χ4v) is 3.78. The van der Waals surface area contributed by atoms with Crippen molar-refractivity contribution in [2.45, 2.75) is 19.4 Å².